The molecule has 1 amide bonds. The number of nitrogens with two attached hydrogens (primary N) is 1. The Morgan fingerprint density at radius 2 is 1.85 bits per heavy atom. The first kappa shape index (κ1) is 22.4. The highest BCUT2D eigenvalue weighted by Gasteiger charge is 2.30. The summed E-state index contributed by atoms with van der Waals surface area (Å²) in [6.07, 6.45) is -2.72. The van der Waals surface area contributed by atoms with E-state index in [1.165, 1.54) is 12.1 Å². The van der Waals surface area contributed by atoms with E-state index < -0.39 is 17.6 Å². The first-order valence-electron chi connectivity index (χ1n) is 10.4. The number of nitrogens with one attached hydrogen (secondary N) is 1. The van der Waals surface area contributed by atoms with E-state index in [1.807, 2.05) is 24.0 Å². The average Bonchev–Trinajstić information content (AvgIpc) is 2.79. The maximum atomic E-state index is 12.9. The van der Waals surface area contributed by atoms with Gasteiger partial charge in [-0.3, -0.25) is 4.79 Å². The van der Waals surface area contributed by atoms with Gasteiger partial charge in [0.25, 0.3) is 0 Å². The molecule has 1 aromatic heterocycles. The van der Waals surface area contributed by atoms with Crippen LogP contribution in [0, 0.1) is 0 Å². The van der Waals surface area contributed by atoms with E-state index in [-0.39, 0.29) is 6.04 Å². The van der Waals surface area contributed by atoms with Crippen molar-refractivity contribution in [2.45, 2.75) is 25.7 Å². The minimum atomic E-state index is -4.36. The molecule has 1 aliphatic heterocycles. The summed E-state index contributed by atoms with van der Waals surface area (Å²) in [5.74, 6) is 0.768. The molecule has 33 heavy (non-hydrogen) atoms. The summed E-state index contributed by atoms with van der Waals surface area (Å²) < 4.78 is 44.5. The van der Waals surface area contributed by atoms with E-state index in [0.717, 1.165) is 28.9 Å². The highest BCUT2D eigenvalue weighted by atomic mass is 19.4. The number of ether oxygens (including phenoxy) is 1. The third kappa shape index (κ3) is 5.02. The Bertz CT molecular complexity index is 1130. The van der Waals surface area contributed by atoms with Crippen LogP contribution in [-0.2, 0) is 12.7 Å². The highest BCUT2D eigenvalue weighted by molar-refractivity contribution is 5.92. The van der Waals surface area contributed by atoms with Crippen LogP contribution in [0.4, 0.5) is 24.7 Å². The Kier molecular flexibility index (Phi) is 6.13. The van der Waals surface area contributed by atoms with E-state index in [1.54, 1.807) is 24.4 Å². The summed E-state index contributed by atoms with van der Waals surface area (Å²) in [4.78, 5) is 17.8. The number of anilines is 2. The Labute approximate surface area is 189 Å². The molecule has 9 heteroatoms. The van der Waals surface area contributed by atoms with Crippen molar-refractivity contribution in [3.05, 3.63) is 83.0 Å². The molecule has 0 saturated heterocycles. The van der Waals surface area contributed by atoms with Gasteiger partial charge in [0.1, 0.15) is 18.0 Å². The van der Waals surface area contributed by atoms with E-state index in [4.69, 9.17) is 10.5 Å². The summed E-state index contributed by atoms with van der Waals surface area (Å²) in [5, 5.41) is 3.38. The monoisotopic (exact) mass is 456 g/mol. The van der Waals surface area contributed by atoms with Crippen molar-refractivity contribution in [1.29, 1.82) is 0 Å². The van der Waals surface area contributed by atoms with Crippen LogP contribution in [0.15, 0.2) is 60.8 Å². The minimum absolute atomic E-state index is 0.138. The van der Waals surface area contributed by atoms with Crippen molar-refractivity contribution in [2.24, 2.45) is 5.73 Å². The lowest BCUT2D eigenvalue weighted by molar-refractivity contribution is -0.137. The van der Waals surface area contributed by atoms with E-state index in [9.17, 15) is 18.0 Å². The Balaban J connectivity index is 1.56. The Hall–Kier alpha value is -3.75. The second-order valence-corrected chi connectivity index (χ2v) is 7.82. The number of rotatable bonds is 6. The fourth-order valence-electron chi connectivity index (χ4n) is 3.74. The summed E-state index contributed by atoms with van der Waals surface area (Å²) in [6.45, 7) is 3.40. The van der Waals surface area contributed by atoms with Crippen LogP contribution in [0.25, 0.3) is 0 Å². The molecule has 0 fully saturated rings. The Morgan fingerprint density at radius 3 is 2.48 bits per heavy atom. The molecule has 0 radical (unpaired) electrons. The van der Waals surface area contributed by atoms with Crippen LogP contribution >= 0.6 is 0 Å². The third-order valence-corrected chi connectivity index (χ3v) is 5.53. The number of primary amides is 1. The number of pyridine rings is 1. The van der Waals surface area contributed by atoms with Gasteiger partial charge < -0.3 is 20.7 Å². The van der Waals surface area contributed by atoms with Gasteiger partial charge >= 0.3 is 6.18 Å². The van der Waals surface area contributed by atoms with E-state index in [2.05, 4.69) is 10.3 Å². The molecule has 6 nitrogen and oxygen atoms in total. The van der Waals surface area contributed by atoms with Gasteiger partial charge in [-0.2, -0.15) is 13.2 Å². The number of nitrogens with zero attached hydrogens (tertiary/aromatic N) is 2. The number of aromatic nitrogens is 1. The lowest BCUT2D eigenvalue weighted by atomic mass is 10.1. The number of carbonyl (C=O) groups excluding carboxylic acids is 1. The molecular weight excluding hydrogens is 433 g/mol. The predicted molar refractivity (Wildman–Crippen MR) is 119 cm³/mol. The molecule has 3 N–H and O–H groups in total. The van der Waals surface area contributed by atoms with Gasteiger partial charge in [0.05, 0.1) is 18.2 Å². The second-order valence-electron chi connectivity index (χ2n) is 7.82. The summed E-state index contributed by atoms with van der Waals surface area (Å²) in [5.41, 5.74) is 7.50. The molecule has 1 unspecified atom stereocenters. The van der Waals surface area contributed by atoms with Crippen LogP contribution in [-0.4, -0.2) is 24.0 Å². The molecule has 4 rings (SSSR count). The first-order chi connectivity index (χ1) is 15.7. The largest absolute Gasteiger partial charge is 0.489 e. The fraction of sp³-hybridized carbons (Fsp3) is 0.250. The van der Waals surface area contributed by atoms with E-state index in [0.29, 0.717) is 36.8 Å². The topological polar surface area (TPSA) is 80.5 Å². The molecule has 0 spiro atoms. The zero-order valence-corrected chi connectivity index (χ0v) is 17.9. The van der Waals surface area contributed by atoms with Crippen LogP contribution in [0.5, 0.6) is 5.75 Å². The zero-order chi connectivity index (χ0) is 23.6. The number of fused-ring (bicyclic) bond motifs is 1. The third-order valence-electron chi connectivity index (χ3n) is 5.53. The van der Waals surface area contributed by atoms with Crippen molar-refractivity contribution in [1.82, 2.24) is 4.98 Å². The Morgan fingerprint density at radius 1 is 1.15 bits per heavy atom. The molecule has 0 bridgehead atoms. The van der Waals surface area contributed by atoms with Crippen molar-refractivity contribution < 1.29 is 22.7 Å². The normalized spacial score (nSPS) is 14.2. The number of halogens is 3. The molecule has 2 heterocycles. The van der Waals surface area contributed by atoms with Gasteiger partial charge in [-0.1, -0.05) is 24.3 Å². The number of hydrogen-bond acceptors (Lipinski definition) is 5. The SMILES string of the molecule is CC(Nc1nccc2c1N(Cc1ccc(C(F)(F)F)cc1)CCO2)c1ccc(C(N)=O)cc1. The standard InChI is InChI=1S/C24H23F3N4O2/c1-15(17-4-6-18(7-5-17)22(28)32)30-23-21-20(10-11-29-23)33-13-12-31(21)14-16-2-8-19(9-3-16)24(25,26)27/h2-11,15H,12-14H2,1H3,(H2,28,32)(H,29,30). The van der Waals surface area contributed by atoms with Crippen molar-refractivity contribution >= 4 is 17.4 Å². The number of alkyl halides is 3. The summed E-state index contributed by atoms with van der Waals surface area (Å²) in [6, 6.07) is 13.8. The van der Waals surface area contributed by atoms with Crippen molar-refractivity contribution in [3.63, 3.8) is 0 Å². The molecular formula is C24H23F3N4O2. The van der Waals surface area contributed by atoms with Crippen LogP contribution in [0.2, 0.25) is 0 Å². The summed E-state index contributed by atoms with van der Waals surface area (Å²) in [7, 11) is 0. The molecule has 1 atom stereocenters. The predicted octanol–water partition coefficient (Wildman–Crippen LogP) is 4.77. The molecule has 0 saturated carbocycles. The van der Waals surface area contributed by atoms with Crippen LogP contribution < -0.4 is 20.7 Å². The van der Waals surface area contributed by atoms with Gasteiger partial charge in [-0.25, -0.2) is 4.98 Å². The van der Waals surface area contributed by atoms with Crippen molar-refractivity contribution in [2.75, 3.05) is 23.4 Å². The highest BCUT2D eigenvalue weighted by Crippen LogP contribution is 2.39. The number of amides is 1. The number of hydrogen-bond donors (Lipinski definition) is 2. The van der Waals surface area contributed by atoms with Crippen molar-refractivity contribution in [3.8, 4) is 5.75 Å². The van der Waals surface area contributed by atoms with Gasteiger partial charge in [-0.15, -0.1) is 0 Å². The first-order valence-corrected chi connectivity index (χ1v) is 10.4. The minimum Gasteiger partial charge on any atom is -0.489 e. The zero-order valence-electron chi connectivity index (χ0n) is 17.9. The van der Waals surface area contributed by atoms with Crippen LogP contribution in [0.3, 0.4) is 0 Å². The summed E-state index contributed by atoms with van der Waals surface area (Å²) >= 11 is 0. The van der Waals surface area contributed by atoms with Crippen LogP contribution in [0.1, 0.15) is 40.0 Å². The second kappa shape index (κ2) is 9.01. The molecule has 2 aromatic carbocycles. The fourth-order valence-corrected chi connectivity index (χ4v) is 3.74. The molecule has 3 aromatic rings. The number of carbonyl (C=O) groups is 1. The van der Waals surface area contributed by atoms with E-state index >= 15 is 0 Å². The van der Waals surface area contributed by atoms with Gasteiger partial charge in [0.15, 0.2) is 5.82 Å². The lowest BCUT2D eigenvalue weighted by Crippen LogP contribution is -2.33. The lowest BCUT2D eigenvalue weighted by Gasteiger charge is -2.33. The average molecular weight is 456 g/mol. The molecule has 1 aliphatic rings. The van der Waals surface area contributed by atoms with Gasteiger partial charge in [0.2, 0.25) is 5.91 Å². The smallest absolute Gasteiger partial charge is 0.416 e. The van der Waals surface area contributed by atoms with Gasteiger partial charge in [-0.05, 0) is 42.3 Å². The van der Waals surface area contributed by atoms with Gasteiger partial charge in [0, 0.05) is 24.4 Å². The molecule has 0 aliphatic carbocycles. The number of benzene rings is 2. The quantitative estimate of drug-likeness (QED) is 0.559. The maximum Gasteiger partial charge on any atom is 0.416 e. The maximum absolute atomic E-state index is 12.9. The molecule has 172 valence electrons.